The molecule has 0 radical (unpaired) electrons. The van der Waals surface area contributed by atoms with Gasteiger partial charge in [0.05, 0.1) is 23.0 Å². The predicted octanol–water partition coefficient (Wildman–Crippen LogP) is 3.18. The Balaban J connectivity index is 2.20. The molecule has 8 nitrogen and oxygen atoms in total. The fourth-order valence-electron chi connectivity index (χ4n) is 2.39. The zero-order valence-corrected chi connectivity index (χ0v) is 16.4. The summed E-state index contributed by atoms with van der Waals surface area (Å²) in [5, 5.41) is 11.0. The van der Waals surface area contributed by atoms with Crippen LogP contribution in [0.5, 0.6) is 11.5 Å². The Morgan fingerprint density at radius 2 is 1.85 bits per heavy atom. The summed E-state index contributed by atoms with van der Waals surface area (Å²) in [4.78, 5) is 10.3. The molecule has 0 spiro atoms. The minimum absolute atomic E-state index is 0.00231. The normalized spacial score (nSPS) is 11.4. The maximum Gasteiger partial charge on any atom is 0.273 e. The number of hydrogen-bond acceptors (Lipinski definition) is 6. The Hall–Kier alpha value is -2.65. The molecule has 2 rings (SSSR count). The number of nitro groups is 1. The van der Waals surface area contributed by atoms with Gasteiger partial charge >= 0.3 is 0 Å². The Morgan fingerprint density at radius 3 is 2.44 bits per heavy atom. The topological polar surface area (TPSA) is 108 Å². The molecule has 0 aliphatic carbocycles. The number of aryl methyl sites for hydroxylation is 1. The summed E-state index contributed by atoms with van der Waals surface area (Å²) in [6.45, 7) is 5.34. The van der Waals surface area contributed by atoms with Gasteiger partial charge in [-0.3, -0.25) is 10.1 Å². The second-order valence-corrected chi connectivity index (χ2v) is 7.95. The van der Waals surface area contributed by atoms with Crippen LogP contribution in [0, 0.1) is 17.0 Å². The van der Waals surface area contributed by atoms with Crippen molar-refractivity contribution in [3.63, 3.8) is 0 Å². The van der Waals surface area contributed by atoms with E-state index < -0.39 is 14.9 Å². The lowest BCUT2D eigenvalue weighted by Crippen LogP contribution is -2.23. The molecular formula is C18H22N2O6S. The van der Waals surface area contributed by atoms with Gasteiger partial charge in [-0.2, -0.15) is 0 Å². The van der Waals surface area contributed by atoms with Gasteiger partial charge in [0.1, 0.15) is 0 Å². The third-order valence-electron chi connectivity index (χ3n) is 3.74. The third kappa shape index (κ3) is 5.18. The summed E-state index contributed by atoms with van der Waals surface area (Å²) in [6.07, 6.45) is -0.0272. The Bertz CT molecular complexity index is 941. The number of methoxy groups -OCH3 is 1. The van der Waals surface area contributed by atoms with Crippen LogP contribution in [-0.4, -0.2) is 26.6 Å². The lowest BCUT2D eigenvalue weighted by Gasteiger charge is -2.15. The van der Waals surface area contributed by atoms with Crippen molar-refractivity contribution in [1.82, 2.24) is 4.72 Å². The number of benzene rings is 2. The first-order valence-corrected chi connectivity index (χ1v) is 9.70. The van der Waals surface area contributed by atoms with Crippen molar-refractivity contribution in [3.05, 3.63) is 57.6 Å². The van der Waals surface area contributed by atoms with Crippen LogP contribution in [0.15, 0.2) is 41.3 Å². The van der Waals surface area contributed by atoms with Crippen molar-refractivity contribution in [1.29, 1.82) is 0 Å². The molecule has 9 heteroatoms. The van der Waals surface area contributed by atoms with Crippen molar-refractivity contribution >= 4 is 15.7 Å². The highest BCUT2D eigenvalue weighted by molar-refractivity contribution is 7.89. The Morgan fingerprint density at radius 1 is 1.15 bits per heavy atom. The third-order valence-corrected chi connectivity index (χ3v) is 5.14. The van der Waals surface area contributed by atoms with Crippen molar-refractivity contribution in [2.45, 2.75) is 38.3 Å². The zero-order chi connectivity index (χ0) is 20.2. The summed E-state index contributed by atoms with van der Waals surface area (Å²) in [5.74, 6) is 1.06. The second-order valence-electron chi connectivity index (χ2n) is 6.18. The fraction of sp³-hybridized carbons (Fsp3) is 0.333. The van der Waals surface area contributed by atoms with Crippen LogP contribution >= 0.6 is 0 Å². The molecule has 0 amide bonds. The van der Waals surface area contributed by atoms with E-state index >= 15 is 0 Å². The van der Waals surface area contributed by atoms with Crippen molar-refractivity contribution in [2.75, 3.05) is 7.11 Å². The van der Waals surface area contributed by atoms with E-state index in [0.717, 1.165) is 6.07 Å². The van der Waals surface area contributed by atoms with E-state index in [2.05, 4.69) is 4.72 Å². The lowest BCUT2D eigenvalue weighted by atomic mass is 10.2. The molecular weight excluding hydrogens is 372 g/mol. The first kappa shape index (κ1) is 20.7. The minimum Gasteiger partial charge on any atom is -0.493 e. The van der Waals surface area contributed by atoms with Gasteiger partial charge < -0.3 is 9.47 Å². The van der Waals surface area contributed by atoms with Crippen molar-refractivity contribution in [3.8, 4) is 11.5 Å². The van der Waals surface area contributed by atoms with Crippen molar-refractivity contribution in [2.24, 2.45) is 0 Å². The van der Waals surface area contributed by atoms with Gasteiger partial charge in [-0.1, -0.05) is 12.1 Å². The first-order valence-electron chi connectivity index (χ1n) is 8.22. The standard InChI is InChI=1S/C18H22N2O6S/c1-12(2)26-17-8-6-14(9-18(17)25-4)11-19-27(23,24)15-7-5-13(3)16(10-15)20(21)22/h5-10,12,19H,11H2,1-4H3. The molecule has 0 saturated heterocycles. The average molecular weight is 394 g/mol. The number of hydrogen-bond donors (Lipinski definition) is 1. The van der Waals surface area contributed by atoms with Gasteiger partial charge in [-0.25, -0.2) is 13.1 Å². The summed E-state index contributed by atoms with van der Waals surface area (Å²) >= 11 is 0. The highest BCUT2D eigenvalue weighted by Crippen LogP contribution is 2.29. The van der Waals surface area contributed by atoms with Crippen LogP contribution in [0.4, 0.5) is 5.69 Å². The van der Waals surface area contributed by atoms with Crippen LogP contribution in [0.25, 0.3) is 0 Å². The molecule has 0 fully saturated rings. The van der Waals surface area contributed by atoms with E-state index in [0.29, 0.717) is 22.6 Å². The Kier molecular flexibility index (Phi) is 6.40. The van der Waals surface area contributed by atoms with E-state index in [4.69, 9.17) is 9.47 Å². The van der Waals surface area contributed by atoms with E-state index in [-0.39, 0.29) is 23.2 Å². The maximum atomic E-state index is 12.5. The number of nitrogens with zero attached hydrogens (tertiary/aromatic N) is 1. The van der Waals surface area contributed by atoms with Gasteiger partial charge in [0.2, 0.25) is 10.0 Å². The van der Waals surface area contributed by atoms with E-state index in [1.165, 1.54) is 19.2 Å². The van der Waals surface area contributed by atoms with Gasteiger partial charge in [0.15, 0.2) is 11.5 Å². The molecule has 2 aromatic carbocycles. The van der Waals surface area contributed by atoms with Gasteiger partial charge in [0.25, 0.3) is 5.69 Å². The molecule has 0 bridgehead atoms. The highest BCUT2D eigenvalue weighted by Gasteiger charge is 2.20. The van der Waals surface area contributed by atoms with Crippen molar-refractivity contribution < 1.29 is 22.8 Å². The lowest BCUT2D eigenvalue weighted by molar-refractivity contribution is -0.385. The molecule has 146 valence electrons. The molecule has 2 aromatic rings. The largest absolute Gasteiger partial charge is 0.493 e. The smallest absolute Gasteiger partial charge is 0.273 e. The van der Waals surface area contributed by atoms with E-state index in [9.17, 15) is 18.5 Å². The molecule has 0 saturated carbocycles. The maximum absolute atomic E-state index is 12.5. The first-order chi connectivity index (χ1) is 12.6. The monoisotopic (exact) mass is 394 g/mol. The summed E-state index contributed by atoms with van der Waals surface area (Å²) in [6, 6.07) is 8.91. The van der Waals surface area contributed by atoms with E-state index in [1.807, 2.05) is 13.8 Å². The zero-order valence-electron chi connectivity index (χ0n) is 15.6. The molecule has 0 unspecified atom stereocenters. The van der Waals surface area contributed by atoms with Gasteiger partial charge in [-0.05, 0) is 44.5 Å². The average Bonchev–Trinajstić information content (AvgIpc) is 2.60. The number of rotatable bonds is 8. The molecule has 0 atom stereocenters. The summed E-state index contributed by atoms with van der Waals surface area (Å²) in [7, 11) is -2.40. The van der Waals surface area contributed by atoms with Crippen LogP contribution in [0.1, 0.15) is 25.0 Å². The highest BCUT2D eigenvalue weighted by atomic mass is 32.2. The number of nitrogens with one attached hydrogen (secondary N) is 1. The van der Waals surface area contributed by atoms with Crippen LogP contribution in [0.2, 0.25) is 0 Å². The molecule has 0 aliphatic heterocycles. The van der Waals surface area contributed by atoms with Gasteiger partial charge in [-0.15, -0.1) is 0 Å². The number of nitro benzene ring substituents is 1. The number of ether oxygens (including phenoxy) is 2. The molecule has 0 aliphatic rings. The summed E-state index contributed by atoms with van der Waals surface area (Å²) in [5.41, 5.74) is 0.812. The van der Waals surface area contributed by atoms with Gasteiger partial charge in [0, 0.05) is 18.2 Å². The SMILES string of the molecule is COc1cc(CNS(=O)(=O)c2ccc(C)c([N+](=O)[O-])c2)ccc1OC(C)C. The minimum atomic E-state index is -3.91. The molecule has 0 heterocycles. The number of sulfonamides is 1. The fourth-order valence-corrected chi connectivity index (χ4v) is 3.43. The summed E-state index contributed by atoms with van der Waals surface area (Å²) < 4.78 is 38.3. The predicted molar refractivity (Wildman–Crippen MR) is 101 cm³/mol. The molecule has 27 heavy (non-hydrogen) atoms. The quantitative estimate of drug-likeness (QED) is 0.544. The van der Waals surface area contributed by atoms with E-state index in [1.54, 1.807) is 25.1 Å². The Labute approximate surface area is 158 Å². The molecule has 1 N–H and O–H groups in total. The molecule has 0 aromatic heterocycles. The van der Waals surface area contributed by atoms with Crippen LogP contribution in [-0.2, 0) is 16.6 Å². The van der Waals surface area contributed by atoms with Crippen LogP contribution < -0.4 is 14.2 Å². The van der Waals surface area contributed by atoms with Crippen LogP contribution in [0.3, 0.4) is 0 Å². The second kappa shape index (κ2) is 8.36.